The second-order valence-corrected chi connectivity index (χ2v) is 6.85. The van der Waals surface area contributed by atoms with Crippen LogP contribution in [0.4, 0.5) is 5.13 Å². The number of carbonyl (C=O) groups is 1. The molecule has 6 heteroatoms. The summed E-state index contributed by atoms with van der Waals surface area (Å²) in [5.41, 5.74) is 0.805. The standard InChI is InChI=1S/C15H22N2O3S/c1-2-8-20-11-4-3-7-17(9-11)15-16-12(10-5-6-10)13(21-15)14(18)19/h10-11H,2-9H2,1H3,(H,18,19). The first-order valence-corrected chi connectivity index (χ1v) is 8.61. The lowest BCUT2D eigenvalue weighted by Gasteiger charge is -2.32. The molecule has 1 aliphatic carbocycles. The van der Waals surface area contributed by atoms with Crippen molar-refractivity contribution in [2.45, 2.75) is 51.0 Å². The smallest absolute Gasteiger partial charge is 0.347 e. The molecule has 1 aliphatic heterocycles. The van der Waals surface area contributed by atoms with Gasteiger partial charge in [-0.3, -0.25) is 0 Å². The van der Waals surface area contributed by atoms with Crippen LogP contribution in [0.5, 0.6) is 0 Å². The predicted octanol–water partition coefficient (Wildman–Crippen LogP) is 3.11. The first-order valence-electron chi connectivity index (χ1n) is 7.79. The molecule has 21 heavy (non-hydrogen) atoms. The number of nitrogens with zero attached hydrogens (tertiary/aromatic N) is 2. The van der Waals surface area contributed by atoms with Crippen LogP contribution in [0.25, 0.3) is 0 Å². The van der Waals surface area contributed by atoms with Crippen LogP contribution in [0, 0.1) is 0 Å². The minimum Gasteiger partial charge on any atom is -0.477 e. The van der Waals surface area contributed by atoms with Crippen LogP contribution in [0.1, 0.15) is 60.3 Å². The Labute approximate surface area is 128 Å². The van der Waals surface area contributed by atoms with E-state index in [4.69, 9.17) is 4.74 Å². The molecule has 116 valence electrons. The summed E-state index contributed by atoms with van der Waals surface area (Å²) in [6.07, 6.45) is 5.60. The van der Waals surface area contributed by atoms with E-state index < -0.39 is 5.97 Å². The minimum atomic E-state index is -0.837. The molecule has 2 heterocycles. The van der Waals surface area contributed by atoms with Crippen LogP contribution in [-0.2, 0) is 4.74 Å². The average Bonchev–Trinajstić information content (AvgIpc) is 3.23. The Kier molecular flexibility index (Phi) is 4.45. The number of thiazole rings is 1. The van der Waals surface area contributed by atoms with Crippen molar-refractivity contribution in [2.75, 3.05) is 24.6 Å². The lowest BCUT2D eigenvalue weighted by molar-refractivity contribution is 0.0440. The molecule has 1 N–H and O–H groups in total. The minimum absolute atomic E-state index is 0.250. The highest BCUT2D eigenvalue weighted by Gasteiger charge is 2.33. The van der Waals surface area contributed by atoms with E-state index in [1.165, 1.54) is 11.3 Å². The SMILES string of the molecule is CCCOC1CCCN(c2nc(C3CC3)c(C(=O)O)s2)C1. The number of ether oxygens (including phenoxy) is 1. The number of piperidine rings is 1. The van der Waals surface area contributed by atoms with Gasteiger partial charge >= 0.3 is 5.97 Å². The maximum Gasteiger partial charge on any atom is 0.347 e. The van der Waals surface area contributed by atoms with Crippen molar-refractivity contribution in [1.29, 1.82) is 0 Å². The predicted molar refractivity (Wildman–Crippen MR) is 82.5 cm³/mol. The lowest BCUT2D eigenvalue weighted by atomic mass is 10.1. The van der Waals surface area contributed by atoms with Crippen LogP contribution in [-0.4, -0.2) is 41.9 Å². The Morgan fingerprint density at radius 3 is 2.95 bits per heavy atom. The quantitative estimate of drug-likeness (QED) is 0.874. The monoisotopic (exact) mass is 310 g/mol. The molecular formula is C15H22N2O3S. The second-order valence-electron chi connectivity index (χ2n) is 5.87. The van der Waals surface area contributed by atoms with Gasteiger partial charge in [0.2, 0.25) is 0 Å². The van der Waals surface area contributed by atoms with Crippen LogP contribution in [0.15, 0.2) is 0 Å². The number of carboxylic acids is 1. The molecule has 0 bridgehead atoms. The number of hydrogen-bond donors (Lipinski definition) is 1. The Morgan fingerprint density at radius 2 is 2.29 bits per heavy atom. The van der Waals surface area contributed by atoms with Crippen molar-refractivity contribution in [1.82, 2.24) is 4.98 Å². The average molecular weight is 310 g/mol. The molecule has 1 aromatic rings. The number of carboxylic acid groups (broad SMARTS) is 1. The third kappa shape index (κ3) is 3.37. The summed E-state index contributed by atoms with van der Waals surface area (Å²) in [4.78, 5) is 18.7. The van der Waals surface area contributed by atoms with Crippen LogP contribution in [0.3, 0.4) is 0 Å². The zero-order chi connectivity index (χ0) is 14.8. The van der Waals surface area contributed by atoms with Gasteiger partial charge in [-0.1, -0.05) is 18.3 Å². The molecule has 0 aromatic carbocycles. The largest absolute Gasteiger partial charge is 0.477 e. The molecule has 0 amide bonds. The molecule has 3 rings (SSSR count). The second kappa shape index (κ2) is 6.32. The molecule has 1 atom stereocenters. The summed E-state index contributed by atoms with van der Waals surface area (Å²) in [7, 11) is 0. The normalized spacial score (nSPS) is 22.5. The number of hydrogen-bond acceptors (Lipinski definition) is 5. The molecule has 1 aromatic heterocycles. The van der Waals surface area contributed by atoms with Gasteiger partial charge in [-0.15, -0.1) is 0 Å². The first-order chi connectivity index (χ1) is 10.2. The summed E-state index contributed by atoms with van der Waals surface area (Å²) < 4.78 is 5.85. The van der Waals surface area contributed by atoms with Crippen molar-refractivity contribution in [2.24, 2.45) is 0 Å². The molecule has 5 nitrogen and oxygen atoms in total. The van der Waals surface area contributed by atoms with Crippen LogP contribution >= 0.6 is 11.3 Å². The highest BCUT2D eigenvalue weighted by molar-refractivity contribution is 7.17. The van der Waals surface area contributed by atoms with Gasteiger partial charge in [-0.25, -0.2) is 9.78 Å². The number of anilines is 1. The van der Waals surface area contributed by atoms with E-state index in [0.717, 1.165) is 62.6 Å². The molecule has 2 aliphatic rings. The Morgan fingerprint density at radius 1 is 1.48 bits per heavy atom. The van der Waals surface area contributed by atoms with Gasteiger partial charge in [0.15, 0.2) is 5.13 Å². The fourth-order valence-electron chi connectivity index (χ4n) is 2.77. The van der Waals surface area contributed by atoms with E-state index in [1.807, 2.05) is 0 Å². The summed E-state index contributed by atoms with van der Waals surface area (Å²) in [6.45, 7) is 4.69. The van der Waals surface area contributed by atoms with E-state index >= 15 is 0 Å². The molecule has 1 saturated heterocycles. The summed E-state index contributed by atoms with van der Waals surface area (Å²) in [6, 6.07) is 0. The molecule has 0 spiro atoms. The van der Waals surface area contributed by atoms with Crippen molar-refractivity contribution >= 4 is 22.4 Å². The van der Waals surface area contributed by atoms with Crippen molar-refractivity contribution in [3.63, 3.8) is 0 Å². The maximum absolute atomic E-state index is 11.4. The first kappa shape index (κ1) is 14.8. The van der Waals surface area contributed by atoms with Gasteiger partial charge in [-0.05, 0) is 32.1 Å². The summed E-state index contributed by atoms with van der Waals surface area (Å²) in [5.74, 6) is -0.463. The molecule has 1 saturated carbocycles. The third-order valence-electron chi connectivity index (χ3n) is 4.01. The molecule has 2 fully saturated rings. The number of rotatable bonds is 6. The highest BCUT2D eigenvalue weighted by Crippen LogP contribution is 2.44. The Balaban J connectivity index is 1.73. The van der Waals surface area contributed by atoms with Crippen LogP contribution < -0.4 is 4.90 Å². The fourth-order valence-corrected chi connectivity index (χ4v) is 3.80. The van der Waals surface area contributed by atoms with E-state index in [9.17, 15) is 9.90 Å². The zero-order valence-electron chi connectivity index (χ0n) is 12.4. The Bertz CT molecular complexity index is 513. The summed E-state index contributed by atoms with van der Waals surface area (Å²) >= 11 is 1.33. The Hall–Kier alpha value is -1.14. The van der Waals surface area contributed by atoms with E-state index in [0.29, 0.717) is 10.8 Å². The number of aromatic nitrogens is 1. The van der Waals surface area contributed by atoms with Gasteiger partial charge in [0.05, 0.1) is 11.8 Å². The van der Waals surface area contributed by atoms with E-state index in [1.54, 1.807) is 0 Å². The maximum atomic E-state index is 11.4. The van der Waals surface area contributed by atoms with Crippen LogP contribution in [0.2, 0.25) is 0 Å². The molecule has 0 radical (unpaired) electrons. The van der Waals surface area contributed by atoms with Crippen molar-refractivity contribution in [3.8, 4) is 0 Å². The highest BCUT2D eigenvalue weighted by atomic mass is 32.1. The molecular weight excluding hydrogens is 288 g/mol. The van der Waals surface area contributed by atoms with Crippen molar-refractivity contribution in [3.05, 3.63) is 10.6 Å². The van der Waals surface area contributed by atoms with Gasteiger partial charge in [-0.2, -0.15) is 0 Å². The number of aromatic carboxylic acids is 1. The van der Waals surface area contributed by atoms with Gasteiger partial charge in [0, 0.05) is 25.6 Å². The fraction of sp³-hybridized carbons (Fsp3) is 0.733. The van der Waals surface area contributed by atoms with Gasteiger partial charge in [0.1, 0.15) is 4.88 Å². The van der Waals surface area contributed by atoms with Gasteiger partial charge < -0.3 is 14.7 Å². The van der Waals surface area contributed by atoms with Gasteiger partial charge in [0.25, 0.3) is 0 Å². The topological polar surface area (TPSA) is 62.7 Å². The lowest BCUT2D eigenvalue weighted by Crippen LogP contribution is -2.39. The van der Waals surface area contributed by atoms with E-state index in [-0.39, 0.29) is 6.10 Å². The zero-order valence-corrected chi connectivity index (χ0v) is 13.2. The third-order valence-corrected chi connectivity index (χ3v) is 5.13. The molecule has 1 unspecified atom stereocenters. The summed E-state index contributed by atoms with van der Waals surface area (Å²) in [5, 5.41) is 10.2. The van der Waals surface area contributed by atoms with E-state index in [2.05, 4.69) is 16.8 Å². The van der Waals surface area contributed by atoms with Crippen molar-refractivity contribution < 1.29 is 14.6 Å².